The van der Waals surface area contributed by atoms with Gasteiger partial charge < -0.3 is 0 Å². The maximum absolute atomic E-state index is 13.3. The van der Waals surface area contributed by atoms with Crippen LogP contribution in [-0.4, -0.2) is 0 Å². The zero-order chi connectivity index (χ0) is 15.8. The lowest BCUT2D eigenvalue weighted by Crippen LogP contribution is -2.13. The smallest absolute Gasteiger partial charge is 0.159 e. The molecule has 22 heavy (non-hydrogen) atoms. The Morgan fingerprint density at radius 3 is 2.41 bits per heavy atom. The Morgan fingerprint density at radius 2 is 1.73 bits per heavy atom. The minimum Gasteiger partial charge on any atom is -0.216 e. The summed E-state index contributed by atoms with van der Waals surface area (Å²) >= 11 is 0. The third-order valence-electron chi connectivity index (χ3n) is 4.83. The van der Waals surface area contributed by atoms with Crippen LogP contribution in [-0.2, 0) is 0 Å². The summed E-state index contributed by atoms with van der Waals surface area (Å²) in [7, 11) is 0. The number of halogens is 3. The molecule has 1 aliphatic carbocycles. The fourth-order valence-electron chi connectivity index (χ4n) is 3.49. The quantitative estimate of drug-likeness (QED) is 0.493. The summed E-state index contributed by atoms with van der Waals surface area (Å²) in [4.78, 5) is 0. The highest BCUT2D eigenvalue weighted by molar-refractivity contribution is 5.22. The summed E-state index contributed by atoms with van der Waals surface area (Å²) < 4.78 is 38.1. The van der Waals surface area contributed by atoms with Gasteiger partial charge in [0.25, 0.3) is 0 Å². The SMILES string of the molecule is FC=CCCCCCC1CCC(c2ccc(F)c(F)c2)CC1. The Labute approximate surface area is 131 Å². The standard InChI is InChI=1S/C19H25F3/c20-13-5-3-1-2-4-6-15-7-9-16(10-8-15)17-11-12-18(21)19(22)14-17/h5,11-16H,1-4,6-10H2. The van der Waals surface area contributed by atoms with Gasteiger partial charge in [-0.2, -0.15) is 0 Å². The molecule has 0 nitrogen and oxygen atoms in total. The van der Waals surface area contributed by atoms with Crippen molar-refractivity contribution in [1.82, 2.24) is 0 Å². The lowest BCUT2D eigenvalue weighted by atomic mass is 9.77. The molecule has 1 saturated carbocycles. The average Bonchev–Trinajstić information content (AvgIpc) is 2.54. The van der Waals surface area contributed by atoms with E-state index >= 15 is 0 Å². The molecule has 3 heteroatoms. The fraction of sp³-hybridized carbons (Fsp3) is 0.579. The van der Waals surface area contributed by atoms with E-state index in [1.807, 2.05) is 0 Å². The largest absolute Gasteiger partial charge is 0.216 e. The average molecular weight is 310 g/mol. The van der Waals surface area contributed by atoms with Crippen LogP contribution in [0.2, 0.25) is 0 Å². The Balaban J connectivity index is 1.68. The van der Waals surface area contributed by atoms with Gasteiger partial charge in [-0.05, 0) is 68.1 Å². The van der Waals surface area contributed by atoms with Crippen molar-refractivity contribution in [3.63, 3.8) is 0 Å². The first-order chi connectivity index (χ1) is 10.7. The number of rotatable bonds is 7. The normalized spacial score (nSPS) is 22.3. The molecular formula is C19H25F3. The van der Waals surface area contributed by atoms with E-state index in [9.17, 15) is 13.2 Å². The van der Waals surface area contributed by atoms with Gasteiger partial charge in [0.05, 0.1) is 6.33 Å². The van der Waals surface area contributed by atoms with E-state index in [-0.39, 0.29) is 0 Å². The Hall–Kier alpha value is -1.25. The number of hydrogen-bond donors (Lipinski definition) is 0. The van der Waals surface area contributed by atoms with Gasteiger partial charge in [0.1, 0.15) is 0 Å². The molecule has 0 aromatic heterocycles. The summed E-state index contributed by atoms with van der Waals surface area (Å²) in [6, 6.07) is 4.32. The monoisotopic (exact) mass is 310 g/mol. The number of unbranched alkanes of at least 4 members (excludes halogenated alkanes) is 3. The van der Waals surface area contributed by atoms with Crippen LogP contribution in [0.4, 0.5) is 13.2 Å². The summed E-state index contributed by atoms with van der Waals surface area (Å²) in [5.74, 6) is -0.360. The number of allylic oxidation sites excluding steroid dienone is 1. The molecule has 0 radical (unpaired) electrons. The van der Waals surface area contributed by atoms with Crippen molar-refractivity contribution in [3.8, 4) is 0 Å². The Kier molecular flexibility index (Phi) is 7.01. The molecular weight excluding hydrogens is 285 g/mol. The van der Waals surface area contributed by atoms with Crippen molar-refractivity contribution in [3.05, 3.63) is 47.8 Å². The van der Waals surface area contributed by atoms with Gasteiger partial charge in [0.2, 0.25) is 0 Å². The third kappa shape index (κ3) is 5.19. The molecule has 0 saturated heterocycles. The Morgan fingerprint density at radius 1 is 0.955 bits per heavy atom. The lowest BCUT2D eigenvalue weighted by Gasteiger charge is -2.29. The van der Waals surface area contributed by atoms with Crippen LogP contribution in [0.15, 0.2) is 30.6 Å². The van der Waals surface area contributed by atoms with Crippen molar-refractivity contribution in [1.29, 1.82) is 0 Å². The molecule has 0 aliphatic heterocycles. The van der Waals surface area contributed by atoms with E-state index < -0.39 is 11.6 Å². The van der Waals surface area contributed by atoms with Gasteiger partial charge in [-0.1, -0.05) is 31.4 Å². The minimum absolute atomic E-state index is 0.376. The summed E-state index contributed by atoms with van der Waals surface area (Å²) in [5, 5.41) is 0. The summed E-state index contributed by atoms with van der Waals surface area (Å²) in [6.45, 7) is 0. The topological polar surface area (TPSA) is 0 Å². The van der Waals surface area contributed by atoms with Crippen molar-refractivity contribution >= 4 is 0 Å². The van der Waals surface area contributed by atoms with Gasteiger partial charge in [0.15, 0.2) is 11.6 Å². The highest BCUT2D eigenvalue weighted by atomic mass is 19.2. The molecule has 0 heterocycles. The molecule has 0 bridgehead atoms. The van der Waals surface area contributed by atoms with Gasteiger partial charge in [-0.15, -0.1) is 0 Å². The molecule has 1 aliphatic rings. The van der Waals surface area contributed by atoms with Crippen molar-refractivity contribution in [2.45, 2.75) is 63.7 Å². The molecule has 0 atom stereocenters. The minimum atomic E-state index is -0.764. The zero-order valence-electron chi connectivity index (χ0n) is 13.0. The highest BCUT2D eigenvalue weighted by Gasteiger charge is 2.22. The van der Waals surface area contributed by atoms with Crippen LogP contribution >= 0.6 is 0 Å². The number of hydrogen-bond acceptors (Lipinski definition) is 0. The van der Waals surface area contributed by atoms with Crippen molar-refractivity contribution < 1.29 is 13.2 Å². The maximum Gasteiger partial charge on any atom is 0.159 e. The molecule has 1 aromatic rings. The highest BCUT2D eigenvalue weighted by Crippen LogP contribution is 2.38. The first-order valence-corrected chi connectivity index (χ1v) is 8.41. The molecule has 0 amide bonds. The van der Waals surface area contributed by atoms with Gasteiger partial charge in [-0.3, -0.25) is 0 Å². The maximum atomic E-state index is 13.3. The van der Waals surface area contributed by atoms with E-state index in [0.29, 0.717) is 12.2 Å². The second-order valence-electron chi connectivity index (χ2n) is 6.39. The van der Waals surface area contributed by atoms with Gasteiger partial charge in [-0.25, -0.2) is 13.2 Å². The second-order valence-corrected chi connectivity index (χ2v) is 6.39. The van der Waals surface area contributed by atoms with E-state index in [4.69, 9.17) is 0 Å². The molecule has 0 unspecified atom stereocenters. The fourth-order valence-corrected chi connectivity index (χ4v) is 3.49. The predicted octanol–water partition coefficient (Wildman–Crippen LogP) is 6.67. The van der Waals surface area contributed by atoms with Crippen LogP contribution < -0.4 is 0 Å². The number of benzene rings is 1. The first kappa shape index (κ1) is 17.1. The first-order valence-electron chi connectivity index (χ1n) is 8.41. The summed E-state index contributed by atoms with van der Waals surface area (Å²) in [5.41, 5.74) is 0.940. The van der Waals surface area contributed by atoms with Crippen LogP contribution in [0.5, 0.6) is 0 Å². The van der Waals surface area contributed by atoms with Crippen LogP contribution in [0.3, 0.4) is 0 Å². The molecule has 0 spiro atoms. The molecule has 122 valence electrons. The van der Waals surface area contributed by atoms with Crippen LogP contribution in [0, 0.1) is 17.6 Å². The van der Waals surface area contributed by atoms with E-state index in [0.717, 1.165) is 43.6 Å². The third-order valence-corrected chi connectivity index (χ3v) is 4.83. The molecule has 0 N–H and O–H groups in total. The van der Waals surface area contributed by atoms with Crippen LogP contribution in [0.25, 0.3) is 0 Å². The van der Waals surface area contributed by atoms with E-state index in [1.165, 1.54) is 37.8 Å². The van der Waals surface area contributed by atoms with E-state index in [1.54, 1.807) is 12.1 Å². The molecule has 2 rings (SSSR count). The van der Waals surface area contributed by atoms with E-state index in [2.05, 4.69) is 0 Å². The molecule has 1 aromatic carbocycles. The van der Waals surface area contributed by atoms with Crippen LogP contribution in [0.1, 0.15) is 69.3 Å². The summed E-state index contributed by atoms with van der Waals surface area (Å²) in [6.07, 6.45) is 12.2. The molecule has 1 fully saturated rings. The zero-order valence-corrected chi connectivity index (χ0v) is 13.0. The predicted molar refractivity (Wildman–Crippen MR) is 84.4 cm³/mol. The van der Waals surface area contributed by atoms with Crippen molar-refractivity contribution in [2.75, 3.05) is 0 Å². The second kappa shape index (κ2) is 9.02. The van der Waals surface area contributed by atoms with Crippen molar-refractivity contribution in [2.24, 2.45) is 5.92 Å². The van der Waals surface area contributed by atoms with Gasteiger partial charge >= 0.3 is 0 Å². The Bertz CT molecular complexity index is 474. The van der Waals surface area contributed by atoms with Gasteiger partial charge in [0, 0.05) is 0 Å². The lowest BCUT2D eigenvalue weighted by molar-refractivity contribution is 0.302.